The fourth-order valence-corrected chi connectivity index (χ4v) is 1.92. The summed E-state index contributed by atoms with van der Waals surface area (Å²) in [7, 11) is 0. The van der Waals surface area contributed by atoms with Crippen LogP contribution >= 0.6 is 0 Å². The van der Waals surface area contributed by atoms with E-state index in [4.69, 9.17) is 10.00 Å². The minimum absolute atomic E-state index is 0.201. The third kappa shape index (κ3) is 5.54. The molecule has 4 nitrogen and oxygen atoms in total. The Kier molecular flexibility index (Phi) is 6.62. The van der Waals surface area contributed by atoms with Crippen molar-refractivity contribution in [1.29, 1.82) is 5.26 Å². The third-order valence-electron chi connectivity index (χ3n) is 2.66. The lowest BCUT2D eigenvalue weighted by atomic mass is 10.1. The van der Waals surface area contributed by atoms with Gasteiger partial charge in [-0.05, 0) is 37.6 Å². The first-order valence-corrected chi connectivity index (χ1v) is 6.56. The SMILES string of the molecule is CCCN(CC(=O)OCC)Cc1cccc(C#N)c1. The fourth-order valence-electron chi connectivity index (χ4n) is 1.92. The second-order valence-electron chi connectivity index (χ2n) is 4.33. The first-order chi connectivity index (χ1) is 9.19. The molecule has 0 aliphatic rings. The Morgan fingerprint density at radius 3 is 2.84 bits per heavy atom. The highest BCUT2D eigenvalue weighted by molar-refractivity contribution is 5.71. The maximum atomic E-state index is 11.5. The van der Waals surface area contributed by atoms with Gasteiger partial charge in [-0.3, -0.25) is 9.69 Å². The van der Waals surface area contributed by atoms with E-state index in [1.165, 1.54) is 0 Å². The Bertz CT molecular complexity index is 452. The number of benzene rings is 1. The molecule has 0 aromatic heterocycles. The number of nitrogens with zero attached hydrogens (tertiary/aromatic N) is 2. The summed E-state index contributed by atoms with van der Waals surface area (Å²) in [5.41, 5.74) is 1.68. The molecule has 0 N–H and O–H groups in total. The summed E-state index contributed by atoms with van der Waals surface area (Å²) >= 11 is 0. The number of hydrogen-bond acceptors (Lipinski definition) is 4. The van der Waals surface area contributed by atoms with Crippen molar-refractivity contribution >= 4 is 5.97 Å². The molecule has 0 aliphatic heterocycles. The maximum Gasteiger partial charge on any atom is 0.320 e. The average Bonchev–Trinajstić information content (AvgIpc) is 2.39. The molecule has 1 aromatic carbocycles. The molecule has 0 atom stereocenters. The largest absolute Gasteiger partial charge is 0.465 e. The Hall–Kier alpha value is -1.86. The number of carbonyl (C=O) groups is 1. The lowest BCUT2D eigenvalue weighted by Crippen LogP contribution is -2.31. The lowest BCUT2D eigenvalue weighted by molar-refractivity contribution is -0.144. The molecular weight excluding hydrogens is 240 g/mol. The summed E-state index contributed by atoms with van der Waals surface area (Å²) in [5, 5.41) is 8.88. The van der Waals surface area contributed by atoms with Gasteiger partial charge in [-0.1, -0.05) is 19.1 Å². The lowest BCUT2D eigenvalue weighted by Gasteiger charge is -2.20. The van der Waals surface area contributed by atoms with Gasteiger partial charge in [-0.25, -0.2) is 0 Å². The first kappa shape index (κ1) is 15.2. The minimum atomic E-state index is -0.201. The van der Waals surface area contributed by atoms with Gasteiger partial charge in [-0.2, -0.15) is 5.26 Å². The van der Waals surface area contributed by atoms with Crippen LogP contribution in [-0.2, 0) is 16.1 Å². The molecule has 1 aromatic rings. The van der Waals surface area contributed by atoms with Crippen LogP contribution in [0.2, 0.25) is 0 Å². The van der Waals surface area contributed by atoms with Crippen molar-refractivity contribution in [3.05, 3.63) is 35.4 Å². The van der Waals surface area contributed by atoms with Crippen LogP contribution in [0.25, 0.3) is 0 Å². The van der Waals surface area contributed by atoms with Crippen molar-refractivity contribution in [3.8, 4) is 6.07 Å². The summed E-state index contributed by atoms with van der Waals surface area (Å²) in [6, 6.07) is 9.59. The van der Waals surface area contributed by atoms with E-state index in [1.807, 2.05) is 23.1 Å². The van der Waals surface area contributed by atoms with Crippen LogP contribution in [-0.4, -0.2) is 30.6 Å². The van der Waals surface area contributed by atoms with E-state index in [9.17, 15) is 4.79 Å². The Balaban J connectivity index is 2.66. The average molecular weight is 260 g/mol. The second kappa shape index (κ2) is 8.28. The number of hydrogen-bond donors (Lipinski definition) is 0. The summed E-state index contributed by atoms with van der Waals surface area (Å²) in [5.74, 6) is -0.201. The quantitative estimate of drug-likeness (QED) is 0.706. The van der Waals surface area contributed by atoms with E-state index in [2.05, 4.69) is 13.0 Å². The molecule has 0 saturated heterocycles. The molecule has 0 radical (unpaired) electrons. The predicted octanol–water partition coefficient (Wildman–Crippen LogP) is 2.33. The summed E-state index contributed by atoms with van der Waals surface area (Å²) in [4.78, 5) is 13.6. The van der Waals surface area contributed by atoms with Crippen molar-refractivity contribution in [2.45, 2.75) is 26.8 Å². The summed E-state index contributed by atoms with van der Waals surface area (Å²) in [6.45, 7) is 6.06. The summed E-state index contributed by atoms with van der Waals surface area (Å²) < 4.78 is 4.97. The molecule has 19 heavy (non-hydrogen) atoms. The van der Waals surface area contributed by atoms with Gasteiger partial charge in [0.1, 0.15) is 0 Å². The monoisotopic (exact) mass is 260 g/mol. The molecule has 0 aliphatic carbocycles. The van der Waals surface area contributed by atoms with Gasteiger partial charge in [0.25, 0.3) is 0 Å². The zero-order valence-electron chi connectivity index (χ0n) is 11.6. The van der Waals surface area contributed by atoms with Crippen molar-refractivity contribution in [1.82, 2.24) is 4.90 Å². The molecular formula is C15H20N2O2. The number of ether oxygens (including phenoxy) is 1. The molecule has 102 valence electrons. The van der Waals surface area contributed by atoms with E-state index < -0.39 is 0 Å². The smallest absolute Gasteiger partial charge is 0.320 e. The van der Waals surface area contributed by atoms with Gasteiger partial charge in [0.15, 0.2) is 0 Å². The van der Waals surface area contributed by atoms with E-state index in [1.54, 1.807) is 13.0 Å². The van der Waals surface area contributed by atoms with Crippen LogP contribution in [0.1, 0.15) is 31.4 Å². The van der Waals surface area contributed by atoms with Crippen molar-refractivity contribution in [2.24, 2.45) is 0 Å². The Morgan fingerprint density at radius 1 is 1.42 bits per heavy atom. The van der Waals surface area contributed by atoms with Gasteiger partial charge in [0, 0.05) is 6.54 Å². The van der Waals surface area contributed by atoms with Crippen LogP contribution < -0.4 is 0 Å². The van der Waals surface area contributed by atoms with Crippen LogP contribution in [0.3, 0.4) is 0 Å². The maximum absolute atomic E-state index is 11.5. The molecule has 0 unspecified atom stereocenters. The van der Waals surface area contributed by atoms with Gasteiger partial charge in [0.2, 0.25) is 0 Å². The zero-order valence-corrected chi connectivity index (χ0v) is 11.6. The van der Waals surface area contributed by atoms with E-state index >= 15 is 0 Å². The van der Waals surface area contributed by atoms with E-state index in [0.29, 0.717) is 25.3 Å². The highest BCUT2D eigenvalue weighted by atomic mass is 16.5. The topological polar surface area (TPSA) is 53.3 Å². The highest BCUT2D eigenvalue weighted by Gasteiger charge is 2.11. The van der Waals surface area contributed by atoms with Gasteiger partial charge >= 0.3 is 5.97 Å². The molecule has 0 spiro atoms. The molecule has 0 bridgehead atoms. The van der Waals surface area contributed by atoms with Crippen LogP contribution in [0.5, 0.6) is 0 Å². The predicted molar refractivity (Wildman–Crippen MR) is 73.4 cm³/mol. The Morgan fingerprint density at radius 2 is 2.21 bits per heavy atom. The molecule has 0 heterocycles. The molecule has 0 saturated carbocycles. The molecule has 0 amide bonds. The number of esters is 1. The van der Waals surface area contributed by atoms with Gasteiger partial charge in [0.05, 0.1) is 24.8 Å². The van der Waals surface area contributed by atoms with Gasteiger partial charge in [-0.15, -0.1) is 0 Å². The normalized spacial score (nSPS) is 10.2. The number of rotatable bonds is 7. The van der Waals surface area contributed by atoms with Crippen molar-refractivity contribution in [2.75, 3.05) is 19.7 Å². The van der Waals surface area contributed by atoms with Crippen LogP contribution in [0.4, 0.5) is 0 Å². The van der Waals surface area contributed by atoms with Gasteiger partial charge < -0.3 is 4.74 Å². The Labute approximate surface area is 114 Å². The zero-order chi connectivity index (χ0) is 14.1. The van der Waals surface area contributed by atoms with Crippen LogP contribution in [0.15, 0.2) is 24.3 Å². The standard InChI is InChI=1S/C15H20N2O2/c1-3-8-17(12-15(18)19-4-2)11-14-7-5-6-13(9-14)10-16/h5-7,9H,3-4,8,11-12H2,1-2H3. The number of nitriles is 1. The first-order valence-electron chi connectivity index (χ1n) is 6.56. The number of carbonyl (C=O) groups excluding carboxylic acids is 1. The van der Waals surface area contributed by atoms with Crippen LogP contribution in [0, 0.1) is 11.3 Å². The fraction of sp³-hybridized carbons (Fsp3) is 0.467. The molecule has 1 rings (SSSR count). The van der Waals surface area contributed by atoms with Crippen molar-refractivity contribution < 1.29 is 9.53 Å². The molecule has 0 fully saturated rings. The summed E-state index contributed by atoms with van der Waals surface area (Å²) in [6.07, 6.45) is 0.970. The van der Waals surface area contributed by atoms with Crippen molar-refractivity contribution in [3.63, 3.8) is 0 Å². The third-order valence-corrected chi connectivity index (χ3v) is 2.66. The minimum Gasteiger partial charge on any atom is -0.465 e. The van der Waals surface area contributed by atoms with E-state index in [-0.39, 0.29) is 5.97 Å². The molecule has 4 heteroatoms. The highest BCUT2D eigenvalue weighted by Crippen LogP contribution is 2.08. The second-order valence-corrected chi connectivity index (χ2v) is 4.33. The van der Waals surface area contributed by atoms with E-state index in [0.717, 1.165) is 18.5 Å².